The fraction of sp³-hybridized carbons (Fsp3) is 0.125. The topological polar surface area (TPSA) is 79.1 Å². The molecule has 0 amide bonds. The lowest BCUT2D eigenvalue weighted by atomic mass is 10.1. The highest BCUT2D eigenvalue weighted by atomic mass is 16.5. The smallest absolute Gasteiger partial charge is 0.316 e. The third kappa shape index (κ3) is 2.13. The molecule has 0 bridgehead atoms. The van der Waals surface area contributed by atoms with Crippen molar-refractivity contribution >= 4 is 0 Å². The second-order valence-corrected chi connectivity index (χ2v) is 4.93. The molecule has 1 aliphatic rings. The van der Waals surface area contributed by atoms with Crippen molar-refractivity contribution in [2.24, 2.45) is 0 Å². The van der Waals surface area contributed by atoms with Gasteiger partial charge in [0.2, 0.25) is 0 Å². The van der Waals surface area contributed by atoms with Gasteiger partial charge in [-0.1, -0.05) is 0 Å². The normalized spacial score (nSPS) is 12.0. The molecule has 4 rings (SSSR count). The van der Waals surface area contributed by atoms with E-state index in [9.17, 15) is 4.79 Å². The molecule has 0 spiro atoms. The number of fused-ring (bicyclic) bond motifs is 3. The van der Waals surface area contributed by atoms with Gasteiger partial charge in [-0.2, -0.15) is 0 Å². The number of aromatic nitrogens is 4. The van der Waals surface area contributed by atoms with Gasteiger partial charge in [-0.05, 0) is 18.2 Å². The maximum absolute atomic E-state index is 12.4. The number of pyridine rings is 2. The highest BCUT2D eigenvalue weighted by molar-refractivity contribution is 5.70. The molecule has 7 nitrogen and oxygen atoms in total. The van der Waals surface area contributed by atoms with Gasteiger partial charge in [0.25, 0.3) is 5.56 Å². The van der Waals surface area contributed by atoms with Crippen LogP contribution < -0.4 is 15.0 Å². The summed E-state index contributed by atoms with van der Waals surface area (Å²) < 4.78 is 12.2. The van der Waals surface area contributed by atoms with Crippen molar-refractivity contribution in [3.63, 3.8) is 0 Å². The van der Waals surface area contributed by atoms with Crippen molar-refractivity contribution in [2.45, 2.75) is 6.61 Å². The van der Waals surface area contributed by atoms with Crippen LogP contribution in [0.1, 0.15) is 5.69 Å². The summed E-state index contributed by atoms with van der Waals surface area (Å²) in [7, 11) is 1.49. The van der Waals surface area contributed by atoms with Crippen molar-refractivity contribution < 1.29 is 9.47 Å². The van der Waals surface area contributed by atoms with E-state index in [0.717, 1.165) is 17.0 Å². The Hall–Kier alpha value is -3.22. The molecule has 23 heavy (non-hydrogen) atoms. The zero-order valence-corrected chi connectivity index (χ0v) is 12.3. The van der Waals surface area contributed by atoms with Gasteiger partial charge in [0, 0.05) is 17.8 Å². The second kappa shape index (κ2) is 5.20. The average Bonchev–Trinajstić information content (AvgIpc) is 2.61. The first-order valence-corrected chi connectivity index (χ1v) is 6.97. The molecular formula is C16H12N4O3. The summed E-state index contributed by atoms with van der Waals surface area (Å²) in [5.74, 6) is 0.705. The SMILES string of the molecule is COc1ncc(-n2c3c(ccc2=O)-c2ncccc2OC3)cn1. The Morgan fingerprint density at radius 3 is 2.78 bits per heavy atom. The maximum Gasteiger partial charge on any atom is 0.316 e. The predicted molar refractivity (Wildman–Crippen MR) is 81.7 cm³/mol. The summed E-state index contributed by atoms with van der Waals surface area (Å²) in [5.41, 5.74) is 2.67. The van der Waals surface area contributed by atoms with Crippen LogP contribution in [0, 0.1) is 0 Å². The third-order valence-electron chi connectivity index (χ3n) is 3.64. The zero-order chi connectivity index (χ0) is 15.8. The molecule has 7 heteroatoms. The van der Waals surface area contributed by atoms with Crippen LogP contribution in [0.15, 0.2) is 47.7 Å². The molecule has 114 valence electrons. The van der Waals surface area contributed by atoms with Crippen LogP contribution in [0.2, 0.25) is 0 Å². The molecule has 0 N–H and O–H groups in total. The van der Waals surface area contributed by atoms with Crippen LogP contribution in [0.3, 0.4) is 0 Å². The Kier molecular flexibility index (Phi) is 3.04. The first-order chi connectivity index (χ1) is 11.3. The maximum atomic E-state index is 12.4. The van der Waals surface area contributed by atoms with E-state index in [1.165, 1.54) is 17.7 Å². The highest BCUT2D eigenvalue weighted by Gasteiger charge is 2.22. The molecular weight excluding hydrogens is 296 g/mol. The Labute approximate surface area is 131 Å². The van der Waals surface area contributed by atoms with E-state index in [-0.39, 0.29) is 18.2 Å². The minimum atomic E-state index is -0.180. The van der Waals surface area contributed by atoms with Crippen LogP contribution >= 0.6 is 0 Å². The van der Waals surface area contributed by atoms with Gasteiger partial charge in [0.15, 0.2) is 0 Å². The predicted octanol–water partition coefficient (Wildman–Crippen LogP) is 1.59. The summed E-state index contributed by atoms with van der Waals surface area (Å²) in [5, 5.41) is 0. The van der Waals surface area contributed by atoms with Crippen LogP contribution in [0.5, 0.6) is 11.8 Å². The lowest BCUT2D eigenvalue weighted by molar-refractivity contribution is 0.292. The van der Waals surface area contributed by atoms with Crippen LogP contribution in [0.25, 0.3) is 16.9 Å². The summed E-state index contributed by atoms with van der Waals surface area (Å²) in [6, 6.07) is 7.20. The fourth-order valence-electron chi connectivity index (χ4n) is 2.61. The molecule has 0 aliphatic carbocycles. The number of rotatable bonds is 2. The van der Waals surface area contributed by atoms with Gasteiger partial charge in [0.1, 0.15) is 18.1 Å². The molecule has 0 fully saturated rings. The van der Waals surface area contributed by atoms with E-state index in [2.05, 4.69) is 15.0 Å². The van der Waals surface area contributed by atoms with Gasteiger partial charge in [-0.25, -0.2) is 9.97 Å². The summed E-state index contributed by atoms with van der Waals surface area (Å²) in [4.78, 5) is 24.8. The Balaban J connectivity index is 1.94. The Morgan fingerprint density at radius 1 is 1.17 bits per heavy atom. The average molecular weight is 308 g/mol. The molecule has 3 aromatic rings. The number of methoxy groups -OCH3 is 1. The number of nitrogens with zero attached hydrogens (tertiary/aromatic N) is 4. The molecule has 0 radical (unpaired) electrons. The summed E-state index contributed by atoms with van der Waals surface area (Å²) in [6.45, 7) is 0.274. The lowest BCUT2D eigenvalue weighted by Crippen LogP contribution is -2.25. The van der Waals surface area contributed by atoms with Crippen molar-refractivity contribution in [3.8, 4) is 28.7 Å². The van der Waals surface area contributed by atoms with Gasteiger partial charge in [0.05, 0.1) is 30.9 Å². The molecule has 1 aliphatic heterocycles. The van der Waals surface area contributed by atoms with E-state index >= 15 is 0 Å². The number of hydrogen-bond acceptors (Lipinski definition) is 6. The van der Waals surface area contributed by atoms with E-state index in [1.807, 2.05) is 12.1 Å². The van der Waals surface area contributed by atoms with Crippen LogP contribution in [0.4, 0.5) is 0 Å². The minimum absolute atomic E-state index is 0.180. The largest absolute Gasteiger partial charge is 0.485 e. The zero-order valence-electron chi connectivity index (χ0n) is 12.3. The quantitative estimate of drug-likeness (QED) is 0.715. The summed E-state index contributed by atoms with van der Waals surface area (Å²) in [6.07, 6.45) is 4.78. The minimum Gasteiger partial charge on any atom is -0.485 e. The van der Waals surface area contributed by atoms with Gasteiger partial charge >= 0.3 is 6.01 Å². The Bertz CT molecular complexity index is 935. The van der Waals surface area contributed by atoms with Crippen molar-refractivity contribution in [3.05, 3.63) is 58.9 Å². The van der Waals surface area contributed by atoms with Crippen molar-refractivity contribution in [1.82, 2.24) is 19.5 Å². The second-order valence-electron chi connectivity index (χ2n) is 4.93. The number of hydrogen-bond donors (Lipinski definition) is 0. The molecule has 4 heterocycles. The molecule has 3 aromatic heterocycles. The van der Waals surface area contributed by atoms with Crippen LogP contribution in [-0.4, -0.2) is 26.6 Å². The monoisotopic (exact) mass is 308 g/mol. The van der Waals surface area contributed by atoms with E-state index in [0.29, 0.717) is 11.4 Å². The first kappa shape index (κ1) is 13.4. The van der Waals surface area contributed by atoms with E-state index in [4.69, 9.17) is 9.47 Å². The van der Waals surface area contributed by atoms with Crippen molar-refractivity contribution in [1.29, 1.82) is 0 Å². The standard InChI is InChI=1S/C16H12N4O3/c1-22-16-18-7-10(8-19-16)20-12-9-23-13-3-2-6-17-15(13)11(12)4-5-14(20)21/h2-8H,9H2,1H3. The van der Waals surface area contributed by atoms with E-state index < -0.39 is 0 Å². The third-order valence-corrected chi connectivity index (χ3v) is 3.64. The molecule has 0 aromatic carbocycles. The van der Waals surface area contributed by atoms with Gasteiger partial charge in [-0.3, -0.25) is 14.3 Å². The molecule has 0 unspecified atom stereocenters. The molecule has 0 saturated heterocycles. The highest BCUT2D eigenvalue weighted by Crippen LogP contribution is 2.35. The van der Waals surface area contributed by atoms with E-state index in [1.54, 1.807) is 24.7 Å². The fourth-order valence-corrected chi connectivity index (χ4v) is 2.61. The van der Waals surface area contributed by atoms with Gasteiger partial charge in [-0.15, -0.1) is 0 Å². The first-order valence-electron chi connectivity index (χ1n) is 6.97. The van der Waals surface area contributed by atoms with Crippen molar-refractivity contribution in [2.75, 3.05) is 7.11 Å². The lowest BCUT2D eigenvalue weighted by Gasteiger charge is -2.22. The molecule has 0 atom stereocenters. The van der Waals surface area contributed by atoms with Crippen LogP contribution in [-0.2, 0) is 6.61 Å². The summed E-state index contributed by atoms with van der Waals surface area (Å²) >= 11 is 0. The molecule has 0 saturated carbocycles. The number of ether oxygens (including phenoxy) is 2. The Morgan fingerprint density at radius 2 is 2.00 bits per heavy atom. The van der Waals surface area contributed by atoms with Gasteiger partial charge < -0.3 is 9.47 Å².